The second-order valence-electron chi connectivity index (χ2n) is 2.96. The highest BCUT2D eigenvalue weighted by Crippen LogP contribution is 2.16. The molecule has 0 fully saturated rings. The quantitative estimate of drug-likeness (QED) is 0.767. The number of thiazole rings is 1. The first-order valence-corrected chi connectivity index (χ1v) is 4.94. The molecule has 0 amide bonds. The molecule has 5 nitrogen and oxygen atoms in total. The van der Waals surface area contributed by atoms with E-state index in [1.54, 1.807) is 6.33 Å². The zero-order chi connectivity index (χ0) is 10.1. The molecule has 2 aromatic rings. The fourth-order valence-electron chi connectivity index (χ4n) is 1.22. The summed E-state index contributed by atoms with van der Waals surface area (Å²) in [5.74, 6) is -0.997. The normalized spacial score (nSPS) is 13.2. The fourth-order valence-corrected chi connectivity index (χ4v) is 2.04. The largest absolute Gasteiger partial charge is 0.480 e. The van der Waals surface area contributed by atoms with Gasteiger partial charge in [0.25, 0.3) is 0 Å². The summed E-state index contributed by atoms with van der Waals surface area (Å²) in [6.07, 6.45) is 3.81. The van der Waals surface area contributed by atoms with Crippen LogP contribution in [0.4, 0.5) is 0 Å². The van der Waals surface area contributed by atoms with Crippen molar-refractivity contribution in [2.45, 2.75) is 12.5 Å². The van der Waals surface area contributed by atoms with E-state index >= 15 is 0 Å². The molecular weight excluding hydrogens is 202 g/mol. The Morgan fingerprint density at radius 2 is 2.57 bits per heavy atom. The Bertz CT molecular complexity index is 462. The van der Waals surface area contributed by atoms with E-state index in [-0.39, 0.29) is 6.42 Å². The predicted molar refractivity (Wildman–Crippen MR) is 52.4 cm³/mol. The number of carbonyl (C=O) groups is 1. The minimum Gasteiger partial charge on any atom is -0.480 e. The summed E-state index contributed by atoms with van der Waals surface area (Å²) in [6.45, 7) is 0. The summed E-state index contributed by atoms with van der Waals surface area (Å²) in [7, 11) is 0. The van der Waals surface area contributed by atoms with Gasteiger partial charge in [0.05, 0.1) is 5.69 Å². The Balaban J connectivity index is 2.27. The van der Waals surface area contributed by atoms with E-state index in [4.69, 9.17) is 10.8 Å². The summed E-state index contributed by atoms with van der Waals surface area (Å²) in [4.78, 5) is 15.6. The third-order valence-corrected chi connectivity index (χ3v) is 2.88. The molecule has 0 saturated heterocycles. The van der Waals surface area contributed by atoms with Crippen molar-refractivity contribution in [3.05, 3.63) is 23.6 Å². The van der Waals surface area contributed by atoms with Crippen LogP contribution in [0.25, 0.3) is 4.83 Å². The molecule has 2 rings (SSSR count). The first-order chi connectivity index (χ1) is 6.68. The van der Waals surface area contributed by atoms with Crippen LogP contribution in [0, 0.1) is 0 Å². The van der Waals surface area contributed by atoms with Crippen LogP contribution in [-0.4, -0.2) is 26.5 Å². The molecule has 0 saturated carbocycles. The van der Waals surface area contributed by atoms with Gasteiger partial charge in [-0.15, -0.1) is 11.3 Å². The van der Waals surface area contributed by atoms with E-state index in [0.29, 0.717) is 0 Å². The molecule has 6 heteroatoms. The Kier molecular flexibility index (Phi) is 2.22. The van der Waals surface area contributed by atoms with E-state index in [2.05, 4.69) is 4.98 Å². The van der Waals surface area contributed by atoms with E-state index in [1.807, 2.05) is 16.0 Å². The standard InChI is InChI=1S/C8H9N3O2S/c9-5(8(12)13)3-6-7-11(4-10-6)1-2-14-7/h1-2,4-5H,3,9H2,(H,12,13). The number of nitrogens with zero attached hydrogens (tertiary/aromatic N) is 2. The second kappa shape index (κ2) is 3.39. The number of aromatic nitrogens is 2. The topological polar surface area (TPSA) is 80.6 Å². The van der Waals surface area contributed by atoms with Gasteiger partial charge in [0.15, 0.2) is 0 Å². The van der Waals surface area contributed by atoms with Crippen LogP contribution in [0.5, 0.6) is 0 Å². The first-order valence-electron chi connectivity index (χ1n) is 4.06. The van der Waals surface area contributed by atoms with Crippen molar-refractivity contribution in [2.75, 3.05) is 0 Å². The van der Waals surface area contributed by atoms with Gasteiger partial charge in [0, 0.05) is 18.0 Å². The number of hydrogen-bond acceptors (Lipinski definition) is 4. The molecule has 0 aliphatic rings. The van der Waals surface area contributed by atoms with Gasteiger partial charge in [-0.05, 0) is 0 Å². The monoisotopic (exact) mass is 211 g/mol. The molecule has 0 aliphatic carbocycles. The van der Waals surface area contributed by atoms with Gasteiger partial charge in [0.2, 0.25) is 0 Å². The van der Waals surface area contributed by atoms with Gasteiger partial charge in [0.1, 0.15) is 17.2 Å². The summed E-state index contributed by atoms with van der Waals surface area (Å²) in [5, 5.41) is 10.6. The summed E-state index contributed by atoms with van der Waals surface area (Å²) in [5.41, 5.74) is 6.17. The lowest BCUT2D eigenvalue weighted by atomic mass is 10.2. The lowest BCUT2D eigenvalue weighted by Crippen LogP contribution is -2.32. The van der Waals surface area contributed by atoms with Crippen LogP contribution in [0.15, 0.2) is 17.9 Å². The van der Waals surface area contributed by atoms with Crippen LogP contribution in [0.1, 0.15) is 5.69 Å². The first kappa shape index (κ1) is 9.17. The highest BCUT2D eigenvalue weighted by molar-refractivity contribution is 7.15. The molecule has 0 bridgehead atoms. The van der Waals surface area contributed by atoms with Gasteiger partial charge in [-0.1, -0.05) is 0 Å². The van der Waals surface area contributed by atoms with Crippen LogP contribution in [-0.2, 0) is 11.2 Å². The number of carboxylic acid groups (broad SMARTS) is 1. The molecule has 0 aromatic carbocycles. The van der Waals surface area contributed by atoms with Crippen molar-refractivity contribution in [3.63, 3.8) is 0 Å². The van der Waals surface area contributed by atoms with Crippen LogP contribution in [0.2, 0.25) is 0 Å². The maximum Gasteiger partial charge on any atom is 0.320 e. The van der Waals surface area contributed by atoms with Gasteiger partial charge in [-0.25, -0.2) is 4.98 Å². The van der Waals surface area contributed by atoms with E-state index in [1.165, 1.54) is 11.3 Å². The molecule has 74 valence electrons. The number of imidazole rings is 1. The Hall–Kier alpha value is -1.40. The predicted octanol–water partition coefficient (Wildman–Crippen LogP) is 0.350. The lowest BCUT2D eigenvalue weighted by molar-refractivity contribution is -0.138. The van der Waals surface area contributed by atoms with Gasteiger partial charge in [-0.2, -0.15) is 0 Å². The summed E-state index contributed by atoms with van der Waals surface area (Å²) < 4.78 is 1.86. The number of hydrogen-bond donors (Lipinski definition) is 2. The number of carboxylic acids is 1. The van der Waals surface area contributed by atoms with Crippen molar-refractivity contribution >= 4 is 22.1 Å². The smallest absolute Gasteiger partial charge is 0.320 e. The highest BCUT2D eigenvalue weighted by Gasteiger charge is 2.15. The molecule has 0 radical (unpaired) electrons. The zero-order valence-corrected chi connectivity index (χ0v) is 8.07. The molecule has 14 heavy (non-hydrogen) atoms. The van der Waals surface area contributed by atoms with Crippen molar-refractivity contribution < 1.29 is 9.90 Å². The van der Waals surface area contributed by atoms with Crippen molar-refractivity contribution in [3.8, 4) is 0 Å². The van der Waals surface area contributed by atoms with Crippen LogP contribution in [0.3, 0.4) is 0 Å². The van der Waals surface area contributed by atoms with E-state index in [0.717, 1.165) is 10.5 Å². The maximum atomic E-state index is 10.5. The van der Waals surface area contributed by atoms with Crippen LogP contribution < -0.4 is 5.73 Å². The Morgan fingerprint density at radius 3 is 3.29 bits per heavy atom. The number of rotatable bonds is 3. The molecule has 2 heterocycles. The molecule has 0 spiro atoms. The molecule has 0 aliphatic heterocycles. The average molecular weight is 211 g/mol. The van der Waals surface area contributed by atoms with Gasteiger partial charge >= 0.3 is 5.97 Å². The number of aliphatic carboxylic acids is 1. The summed E-state index contributed by atoms with van der Waals surface area (Å²) >= 11 is 1.53. The minimum absolute atomic E-state index is 0.270. The molecule has 2 aromatic heterocycles. The van der Waals surface area contributed by atoms with E-state index < -0.39 is 12.0 Å². The van der Waals surface area contributed by atoms with Crippen molar-refractivity contribution in [1.29, 1.82) is 0 Å². The van der Waals surface area contributed by atoms with E-state index in [9.17, 15) is 4.79 Å². The molecular formula is C8H9N3O2S. The Labute approximate surface area is 83.8 Å². The highest BCUT2D eigenvalue weighted by atomic mass is 32.1. The fraction of sp³-hybridized carbons (Fsp3) is 0.250. The number of nitrogens with two attached hydrogens (primary N) is 1. The molecule has 1 atom stereocenters. The van der Waals surface area contributed by atoms with Crippen molar-refractivity contribution in [1.82, 2.24) is 9.38 Å². The maximum absolute atomic E-state index is 10.5. The number of fused-ring (bicyclic) bond motifs is 1. The molecule has 1 unspecified atom stereocenters. The zero-order valence-electron chi connectivity index (χ0n) is 7.25. The second-order valence-corrected chi connectivity index (χ2v) is 3.85. The van der Waals surface area contributed by atoms with Gasteiger partial charge < -0.3 is 10.8 Å². The van der Waals surface area contributed by atoms with Gasteiger partial charge in [-0.3, -0.25) is 9.20 Å². The third kappa shape index (κ3) is 1.49. The molecule has 3 N–H and O–H groups in total. The third-order valence-electron chi connectivity index (χ3n) is 1.95. The average Bonchev–Trinajstić information content (AvgIpc) is 2.69. The minimum atomic E-state index is -0.997. The van der Waals surface area contributed by atoms with Crippen LogP contribution >= 0.6 is 11.3 Å². The van der Waals surface area contributed by atoms with Crippen molar-refractivity contribution in [2.24, 2.45) is 5.73 Å². The Morgan fingerprint density at radius 1 is 1.79 bits per heavy atom. The summed E-state index contributed by atoms with van der Waals surface area (Å²) in [6, 6.07) is -0.879. The lowest BCUT2D eigenvalue weighted by Gasteiger charge is -2.02. The SMILES string of the molecule is NC(Cc1ncn2ccsc12)C(=O)O.